The van der Waals surface area contributed by atoms with E-state index >= 15 is 0 Å². The van der Waals surface area contributed by atoms with Gasteiger partial charge < -0.3 is 24.4 Å². The van der Waals surface area contributed by atoms with Gasteiger partial charge in [-0.15, -0.1) is 24.0 Å². The van der Waals surface area contributed by atoms with Crippen molar-refractivity contribution in [3.05, 3.63) is 29.3 Å². The Morgan fingerprint density at radius 3 is 2.78 bits per heavy atom. The van der Waals surface area contributed by atoms with Crippen molar-refractivity contribution < 1.29 is 14.2 Å². The van der Waals surface area contributed by atoms with Crippen molar-refractivity contribution in [2.24, 2.45) is 4.99 Å². The Balaban J connectivity index is 0.00000261. The molecular formula is C20H32IN3O3. The minimum Gasteiger partial charge on any atom is -0.494 e. The van der Waals surface area contributed by atoms with E-state index in [4.69, 9.17) is 14.2 Å². The molecule has 2 aliphatic heterocycles. The Bertz CT molecular complexity index is 620. The monoisotopic (exact) mass is 489 g/mol. The highest BCUT2D eigenvalue weighted by Crippen LogP contribution is 2.21. The summed E-state index contributed by atoms with van der Waals surface area (Å²) in [5.74, 6) is 1.87. The number of hydrogen-bond donors (Lipinski definition) is 1. The summed E-state index contributed by atoms with van der Waals surface area (Å²) in [6, 6.07) is 6.31. The zero-order valence-corrected chi connectivity index (χ0v) is 18.9. The number of nitrogens with zero attached hydrogens (tertiary/aromatic N) is 2. The van der Waals surface area contributed by atoms with E-state index in [-0.39, 0.29) is 36.2 Å². The van der Waals surface area contributed by atoms with Gasteiger partial charge in [-0.25, -0.2) is 0 Å². The highest BCUT2D eigenvalue weighted by molar-refractivity contribution is 14.0. The Hall–Kier alpha value is -1.06. The predicted molar refractivity (Wildman–Crippen MR) is 118 cm³/mol. The third-order valence-corrected chi connectivity index (χ3v) is 4.97. The molecule has 6 nitrogen and oxygen atoms in total. The molecule has 0 amide bonds. The van der Waals surface area contributed by atoms with Crippen molar-refractivity contribution in [2.75, 3.05) is 40.0 Å². The molecule has 0 aromatic heterocycles. The van der Waals surface area contributed by atoms with Gasteiger partial charge in [0.05, 0.1) is 19.3 Å². The Labute approximate surface area is 179 Å². The van der Waals surface area contributed by atoms with Gasteiger partial charge in [0.15, 0.2) is 5.96 Å². The van der Waals surface area contributed by atoms with Gasteiger partial charge in [-0.05, 0) is 43.9 Å². The molecule has 27 heavy (non-hydrogen) atoms. The van der Waals surface area contributed by atoms with Crippen LogP contribution in [0.4, 0.5) is 0 Å². The minimum absolute atomic E-state index is 0. The summed E-state index contributed by atoms with van der Waals surface area (Å²) in [4.78, 5) is 6.74. The van der Waals surface area contributed by atoms with Gasteiger partial charge in [-0.3, -0.25) is 4.99 Å². The fraction of sp³-hybridized carbons (Fsp3) is 0.650. The molecule has 0 spiro atoms. The average Bonchev–Trinajstić information content (AvgIpc) is 3.19. The number of morpholine rings is 1. The van der Waals surface area contributed by atoms with E-state index in [0.717, 1.165) is 56.4 Å². The van der Waals surface area contributed by atoms with Crippen LogP contribution < -0.4 is 10.1 Å². The number of benzene rings is 1. The topological polar surface area (TPSA) is 55.3 Å². The van der Waals surface area contributed by atoms with Crippen LogP contribution in [0.5, 0.6) is 5.75 Å². The van der Waals surface area contributed by atoms with Crippen LogP contribution in [0.2, 0.25) is 0 Å². The van der Waals surface area contributed by atoms with Crippen LogP contribution in [-0.4, -0.2) is 63.0 Å². The van der Waals surface area contributed by atoms with Crippen molar-refractivity contribution >= 4 is 29.9 Å². The largest absolute Gasteiger partial charge is 0.494 e. The number of rotatable bonds is 5. The minimum atomic E-state index is 0. The average molecular weight is 489 g/mol. The molecule has 7 heteroatoms. The Morgan fingerprint density at radius 2 is 2.11 bits per heavy atom. The van der Waals surface area contributed by atoms with Crippen molar-refractivity contribution in [1.29, 1.82) is 0 Å². The summed E-state index contributed by atoms with van der Waals surface area (Å²) in [5, 5.41) is 3.48. The molecule has 1 N–H and O–H groups in total. The zero-order valence-electron chi connectivity index (χ0n) is 16.6. The summed E-state index contributed by atoms with van der Waals surface area (Å²) in [7, 11) is 1.84. The number of ether oxygens (including phenoxy) is 3. The molecule has 2 heterocycles. The van der Waals surface area contributed by atoms with Crippen molar-refractivity contribution in [3.8, 4) is 5.75 Å². The SMILES string of the molecule is CCOc1ccc(CNC(=NC)N2CCOC(C3CCCO3)C2)cc1C.I. The standard InChI is InChI=1S/C20H31N3O3.HI/c1-4-24-17-8-7-16(12-15(17)2)13-22-20(21-3)23-9-11-26-19(14-23)18-6-5-10-25-18;/h7-8,12,18-19H,4-6,9-11,13-14H2,1-3H3,(H,21,22);1H. The lowest BCUT2D eigenvalue weighted by atomic mass is 10.1. The fourth-order valence-corrected chi connectivity index (χ4v) is 3.64. The van der Waals surface area contributed by atoms with Crippen LogP contribution in [0.25, 0.3) is 0 Å². The number of aryl methyl sites for hydroxylation is 1. The van der Waals surface area contributed by atoms with Crippen LogP contribution >= 0.6 is 24.0 Å². The summed E-state index contributed by atoms with van der Waals surface area (Å²) in [5.41, 5.74) is 2.38. The van der Waals surface area contributed by atoms with Crippen molar-refractivity contribution in [1.82, 2.24) is 10.2 Å². The van der Waals surface area contributed by atoms with E-state index in [1.165, 1.54) is 5.56 Å². The van der Waals surface area contributed by atoms with E-state index in [0.29, 0.717) is 13.2 Å². The van der Waals surface area contributed by atoms with Gasteiger partial charge in [0.1, 0.15) is 11.9 Å². The quantitative estimate of drug-likeness (QED) is 0.392. The number of hydrogen-bond acceptors (Lipinski definition) is 4. The normalized spacial score (nSPS) is 23.1. The van der Waals surface area contributed by atoms with E-state index < -0.39 is 0 Å². The first-order valence-corrected chi connectivity index (χ1v) is 9.62. The Kier molecular flexibility index (Phi) is 9.11. The molecule has 1 aromatic carbocycles. The summed E-state index contributed by atoms with van der Waals surface area (Å²) >= 11 is 0. The molecule has 152 valence electrons. The second-order valence-corrected chi connectivity index (χ2v) is 6.84. The first kappa shape index (κ1) is 22.2. The zero-order chi connectivity index (χ0) is 18.4. The maximum absolute atomic E-state index is 5.94. The van der Waals surface area contributed by atoms with Crippen LogP contribution in [0.15, 0.2) is 23.2 Å². The molecule has 3 rings (SSSR count). The van der Waals surface area contributed by atoms with Crippen molar-refractivity contribution in [2.45, 2.75) is 45.4 Å². The van der Waals surface area contributed by atoms with E-state index in [1.54, 1.807) is 0 Å². The van der Waals surface area contributed by atoms with Gasteiger partial charge in [-0.1, -0.05) is 12.1 Å². The molecule has 0 bridgehead atoms. The summed E-state index contributed by atoms with van der Waals surface area (Å²) in [6.07, 6.45) is 2.59. The first-order chi connectivity index (χ1) is 12.7. The van der Waals surface area contributed by atoms with Gasteiger partial charge in [-0.2, -0.15) is 0 Å². The summed E-state index contributed by atoms with van der Waals surface area (Å²) < 4.78 is 17.4. The van der Waals surface area contributed by atoms with Crippen LogP contribution in [0, 0.1) is 6.92 Å². The lowest BCUT2D eigenvalue weighted by molar-refractivity contribution is -0.0817. The Morgan fingerprint density at radius 1 is 1.30 bits per heavy atom. The number of guanidine groups is 1. The lowest BCUT2D eigenvalue weighted by Gasteiger charge is -2.37. The smallest absolute Gasteiger partial charge is 0.194 e. The lowest BCUT2D eigenvalue weighted by Crippen LogP contribution is -2.53. The second kappa shape index (κ2) is 11.1. The highest BCUT2D eigenvalue weighted by Gasteiger charge is 2.32. The third-order valence-electron chi connectivity index (χ3n) is 4.97. The second-order valence-electron chi connectivity index (χ2n) is 6.84. The molecule has 2 aliphatic rings. The number of halogens is 1. The van der Waals surface area contributed by atoms with Gasteiger partial charge >= 0.3 is 0 Å². The number of aliphatic imine (C=N–C) groups is 1. The first-order valence-electron chi connectivity index (χ1n) is 9.62. The van der Waals surface area contributed by atoms with Gasteiger partial charge in [0, 0.05) is 33.3 Å². The maximum Gasteiger partial charge on any atom is 0.194 e. The van der Waals surface area contributed by atoms with Crippen molar-refractivity contribution in [3.63, 3.8) is 0 Å². The van der Waals surface area contributed by atoms with E-state index in [9.17, 15) is 0 Å². The molecule has 0 radical (unpaired) electrons. The fourth-order valence-electron chi connectivity index (χ4n) is 3.64. The van der Waals surface area contributed by atoms with Gasteiger partial charge in [0.25, 0.3) is 0 Å². The van der Waals surface area contributed by atoms with Gasteiger partial charge in [0.2, 0.25) is 0 Å². The van der Waals surface area contributed by atoms with Crippen LogP contribution in [-0.2, 0) is 16.0 Å². The van der Waals surface area contributed by atoms with E-state index in [2.05, 4.69) is 34.3 Å². The molecular weight excluding hydrogens is 457 g/mol. The maximum atomic E-state index is 5.94. The molecule has 2 saturated heterocycles. The molecule has 2 fully saturated rings. The van der Waals surface area contributed by atoms with E-state index in [1.807, 2.05) is 20.0 Å². The highest BCUT2D eigenvalue weighted by atomic mass is 127. The third kappa shape index (κ3) is 5.96. The molecule has 0 saturated carbocycles. The van der Waals surface area contributed by atoms with Crippen LogP contribution in [0.3, 0.4) is 0 Å². The summed E-state index contributed by atoms with van der Waals surface area (Å²) in [6.45, 7) is 8.76. The molecule has 2 atom stereocenters. The molecule has 0 aliphatic carbocycles. The molecule has 2 unspecified atom stereocenters. The van der Waals surface area contributed by atoms with Crippen LogP contribution in [0.1, 0.15) is 30.9 Å². The number of nitrogens with one attached hydrogen (secondary N) is 1. The molecule has 1 aromatic rings. The predicted octanol–water partition coefficient (Wildman–Crippen LogP) is 2.97.